The predicted molar refractivity (Wildman–Crippen MR) is 69.7 cm³/mol. The summed E-state index contributed by atoms with van der Waals surface area (Å²) < 4.78 is 2.17. The summed E-state index contributed by atoms with van der Waals surface area (Å²) in [5, 5.41) is 2.29. The second kappa shape index (κ2) is 3.67. The van der Waals surface area contributed by atoms with Crippen LogP contribution >= 0.6 is 15.9 Å². The third-order valence-corrected chi connectivity index (χ3v) is 4.41. The molecular formula is C13H16BrN. The van der Waals surface area contributed by atoms with E-state index in [1.165, 1.54) is 16.5 Å². The predicted octanol–water partition coefficient (Wildman–Crippen LogP) is 3.85. The smallest absolute Gasteiger partial charge is 0.0480 e. The summed E-state index contributed by atoms with van der Waals surface area (Å²) >= 11 is 3.57. The number of benzene rings is 1. The number of hydrogen-bond acceptors (Lipinski definition) is 0. The van der Waals surface area contributed by atoms with Crippen LogP contribution in [0.15, 0.2) is 30.5 Å². The Morgan fingerprint density at radius 2 is 2.00 bits per heavy atom. The van der Waals surface area contributed by atoms with Crippen LogP contribution in [0, 0.1) is 0 Å². The molecule has 0 unspecified atom stereocenters. The number of aromatic nitrogens is 1. The van der Waals surface area contributed by atoms with Crippen molar-refractivity contribution >= 4 is 26.8 Å². The summed E-state index contributed by atoms with van der Waals surface area (Å²) in [4.78, 5) is 0. The Balaban J connectivity index is 2.59. The summed E-state index contributed by atoms with van der Waals surface area (Å²) in [5.41, 5.74) is 2.88. The lowest BCUT2D eigenvalue weighted by Crippen LogP contribution is -2.18. The number of nitrogens with zero attached hydrogens (tertiary/aromatic N) is 1. The molecule has 0 radical (unpaired) electrons. The number of alkyl halides is 1. The van der Waals surface area contributed by atoms with Gasteiger partial charge in [0.2, 0.25) is 0 Å². The fraction of sp³-hybridized carbons (Fsp3) is 0.385. The lowest BCUT2D eigenvalue weighted by Gasteiger charge is -2.22. The van der Waals surface area contributed by atoms with E-state index in [1.807, 2.05) is 0 Å². The van der Waals surface area contributed by atoms with Gasteiger partial charge >= 0.3 is 0 Å². The summed E-state index contributed by atoms with van der Waals surface area (Å²) in [7, 11) is 2.09. The molecule has 0 bridgehead atoms. The van der Waals surface area contributed by atoms with Crippen LogP contribution in [-0.2, 0) is 12.5 Å². The van der Waals surface area contributed by atoms with Crippen LogP contribution in [-0.4, -0.2) is 9.90 Å². The van der Waals surface area contributed by atoms with E-state index in [4.69, 9.17) is 0 Å². The standard InChI is InChI=1S/C13H16BrN/c1-13(2,9-14)11-5-4-10-6-7-15(3)12(10)8-11/h4-8H,9H2,1-3H3. The van der Waals surface area contributed by atoms with Crippen LogP contribution in [0.3, 0.4) is 0 Å². The van der Waals surface area contributed by atoms with Crippen molar-refractivity contribution in [1.82, 2.24) is 4.57 Å². The first kappa shape index (κ1) is 10.7. The van der Waals surface area contributed by atoms with Crippen LogP contribution in [0.2, 0.25) is 0 Å². The van der Waals surface area contributed by atoms with E-state index in [0.717, 1.165) is 5.33 Å². The molecule has 0 atom stereocenters. The highest BCUT2D eigenvalue weighted by atomic mass is 79.9. The van der Waals surface area contributed by atoms with E-state index in [1.54, 1.807) is 0 Å². The first-order chi connectivity index (χ1) is 7.04. The Morgan fingerprint density at radius 1 is 1.27 bits per heavy atom. The van der Waals surface area contributed by atoms with Crippen LogP contribution in [0.5, 0.6) is 0 Å². The van der Waals surface area contributed by atoms with Gasteiger partial charge in [-0.2, -0.15) is 0 Å². The second-order valence-electron chi connectivity index (χ2n) is 4.72. The highest BCUT2D eigenvalue weighted by Crippen LogP contribution is 2.28. The number of hydrogen-bond donors (Lipinski definition) is 0. The Bertz CT molecular complexity index is 482. The molecule has 15 heavy (non-hydrogen) atoms. The molecule has 0 amide bonds. The minimum Gasteiger partial charge on any atom is -0.351 e. The Labute approximate surface area is 99.2 Å². The van der Waals surface area contributed by atoms with Crippen LogP contribution in [0.25, 0.3) is 10.9 Å². The van der Waals surface area contributed by atoms with Gasteiger partial charge in [0, 0.05) is 24.1 Å². The molecule has 80 valence electrons. The Morgan fingerprint density at radius 3 is 2.67 bits per heavy atom. The summed E-state index contributed by atoms with van der Waals surface area (Å²) in [6.07, 6.45) is 2.11. The molecule has 0 aliphatic heterocycles. The van der Waals surface area contributed by atoms with E-state index in [2.05, 4.69) is 71.9 Å². The molecular weight excluding hydrogens is 250 g/mol. The third kappa shape index (κ3) is 1.83. The molecule has 0 spiro atoms. The lowest BCUT2D eigenvalue weighted by molar-refractivity contribution is 0.607. The molecule has 0 aliphatic rings. The molecule has 1 heterocycles. The van der Waals surface area contributed by atoms with Gasteiger partial charge in [0.25, 0.3) is 0 Å². The zero-order valence-corrected chi connectivity index (χ0v) is 11.0. The Hall–Kier alpha value is -0.760. The summed E-state index contributed by atoms with van der Waals surface area (Å²) in [6, 6.07) is 8.87. The van der Waals surface area contributed by atoms with E-state index in [9.17, 15) is 0 Å². The van der Waals surface area contributed by atoms with E-state index < -0.39 is 0 Å². The maximum atomic E-state index is 3.57. The van der Waals surface area contributed by atoms with E-state index in [-0.39, 0.29) is 5.41 Å². The van der Waals surface area contributed by atoms with Crippen molar-refractivity contribution in [2.24, 2.45) is 7.05 Å². The first-order valence-corrected chi connectivity index (χ1v) is 6.28. The van der Waals surface area contributed by atoms with Crippen molar-refractivity contribution in [2.75, 3.05) is 5.33 Å². The van der Waals surface area contributed by atoms with Crippen molar-refractivity contribution in [3.05, 3.63) is 36.0 Å². The summed E-state index contributed by atoms with van der Waals surface area (Å²) in [5.74, 6) is 0. The zero-order valence-electron chi connectivity index (χ0n) is 9.42. The second-order valence-corrected chi connectivity index (χ2v) is 5.28. The fourth-order valence-corrected chi connectivity index (χ4v) is 2.08. The topological polar surface area (TPSA) is 4.93 Å². The van der Waals surface area contributed by atoms with Crippen molar-refractivity contribution in [1.29, 1.82) is 0 Å². The zero-order chi connectivity index (χ0) is 11.1. The fourth-order valence-electron chi connectivity index (χ4n) is 1.76. The van der Waals surface area contributed by atoms with Gasteiger partial charge in [0.15, 0.2) is 0 Å². The maximum Gasteiger partial charge on any atom is 0.0480 e. The summed E-state index contributed by atoms with van der Waals surface area (Å²) in [6.45, 7) is 4.51. The maximum absolute atomic E-state index is 3.57. The molecule has 2 aromatic rings. The molecule has 2 rings (SSSR count). The number of halogens is 1. The monoisotopic (exact) mass is 265 g/mol. The molecule has 1 nitrogen and oxygen atoms in total. The average Bonchev–Trinajstić information content (AvgIpc) is 2.60. The first-order valence-electron chi connectivity index (χ1n) is 5.16. The van der Waals surface area contributed by atoms with E-state index in [0.29, 0.717) is 0 Å². The highest BCUT2D eigenvalue weighted by Gasteiger charge is 2.19. The average molecular weight is 266 g/mol. The van der Waals surface area contributed by atoms with Gasteiger partial charge < -0.3 is 4.57 Å². The molecule has 0 saturated carbocycles. The van der Waals surface area contributed by atoms with Crippen LogP contribution in [0.4, 0.5) is 0 Å². The highest BCUT2D eigenvalue weighted by molar-refractivity contribution is 9.09. The minimum atomic E-state index is 0.193. The molecule has 0 saturated heterocycles. The minimum absolute atomic E-state index is 0.193. The van der Waals surface area contributed by atoms with Gasteiger partial charge in [0.05, 0.1) is 0 Å². The molecule has 0 N–H and O–H groups in total. The molecule has 0 aliphatic carbocycles. The van der Waals surface area contributed by atoms with Crippen molar-refractivity contribution < 1.29 is 0 Å². The van der Waals surface area contributed by atoms with Gasteiger partial charge in [-0.05, 0) is 28.5 Å². The molecule has 0 fully saturated rings. The SMILES string of the molecule is Cn1ccc2ccc(C(C)(C)CBr)cc21. The molecule has 1 aromatic carbocycles. The van der Waals surface area contributed by atoms with Crippen LogP contribution < -0.4 is 0 Å². The van der Waals surface area contributed by atoms with Gasteiger partial charge in [0.1, 0.15) is 0 Å². The largest absolute Gasteiger partial charge is 0.351 e. The lowest BCUT2D eigenvalue weighted by atomic mass is 9.86. The van der Waals surface area contributed by atoms with Gasteiger partial charge in [-0.1, -0.05) is 41.9 Å². The normalized spacial score (nSPS) is 12.3. The van der Waals surface area contributed by atoms with E-state index >= 15 is 0 Å². The van der Waals surface area contributed by atoms with Gasteiger partial charge in [-0.15, -0.1) is 0 Å². The quantitative estimate of drug-likeness (QED) is 0.727. The van der Waals surface area contributed by atoms with Crippen LogP contribution in [0.1, 0.15) is 19.4 Å². The van der Waals surface area contributed by atoms with Crippen molar-refractivity contribution in [2.45, 2.75) is 19.3 Å². The van der Waals surface area contributed by atoms with Crippen molar-refractivity contribution in [3.63, 3.8) is 0 Å². The molecule has 1 aromatic heterocycles. The third-order valence-electron chi connectivity index (χ3n) is 3.00. The number of rotatable bonds is 2. The molecule has 2 heteroatoms. The number of aryl methyl sites for hydroxylation is 1. The van der Waals surface area contributed by atoms with Gasteiger partial charge in [-0.3, -0.25) is 0 Å². The number of fused-ring (bicyclic) bond motifs is 1. The van der Waals surface area contributed by atoms with Gasteiger partial charge in [-0.25, -0.2) is 0 Å². The van der Waals surface area contributed by atoms with Crippen molar-refractivity contribution in [3.8, 4) is 0 Å². The Kier molecular flexibility index (Phi) is 2.63.